The van der Waals surface area contributed by atoms with E-state index in [-0.39, 0.29) is 11.9 Å². The summed E-state index contributed by atoms with van der Waals surface area (Å²) in [5.74, 6) is 0.00293. The summed E-state index contributed by atoms with van der Waals surface area (Å²) in [7, 11) is 3.55. The van der Waals surface area contributed by atoms with Crippen LogP contribution in [0.2, 0.25) is 0 Å². The lowest BCUT2D eigenvalue weighted by Gasteiger charge is -2.17. The first-order chi connectivity index (χ1) is 10.1. The number of likely N-dealkylation sites (N-methyl/N-ethyl adjacent to an activating group) is 1. The fourth-order valence-electron chi connectivity index (χ4n) is 2.13. The second-order valence-corrected chi connectivity index (χ2v) is 6.29. The topological polar surface area (TPSA) is 54.5 Å². The van der Waals surface area contributed by atoms with Gasteiger partial charge >= 0.3 is 0 Å². The molecule has 0 saturated heterocycles. The number of carbonyl (C=O) groups excluding carboxylic acids is 1. The Hall–Kier alpha value is -1.50. The van der Waals surface area contributed by atoms with E-state index >= 15 is 0 Å². The molecule has 6 heteroatoms. The van der Waals surface area contributed by atoms with E-state index in [2.05, 4.69) is 16.4 Å². The van der Waals surface area contributed by atoms with Gasteiger partial charge in [-0.3, -0.25) is 9.69 Å². The number of nitrogens with one attached hydrogen (secondary N) is 1. The first-order valence-electron chi connectivity index (χ1n) is 6.89. The van der Waals surface area contributed by atoms with E-state index in [9.17, 15) is 4.79 Å². The van der Waals surface area contributed by atoms with Crippen molar-refractivity contribution in [2.75, 3.05) is 27.3 Å². The van der Waals surface area contributed by atoms with Crippen LogP contribution in [-0.4, -0.2) is 49.1 Å². The van der Waals surface area contributed by atoms with Crippen LogP contribution in [0.15, 0.2) is 24.3 Å². The number of methoxy groups -OCH3 is 1. The van der Waals surface area contributed by atoms with E-state index in [1.165, 1.54) is 4.70 Å². The predicted molar refractivity (Wildman–Crippen MR) is 85.4 cm³/mol. The van der Waals surface area contributed by atoms with Gasteiger partial charge in [0.25, 0.3) is 0 Å². The van der Waals surface area contributed by atoms with Crippen molar-refractivity contribution in [2.24, 2.45) is 0 Å². The summed E-state index contributed by atoms with van der Waals surface area (Å²) in [5, 5.41) is 3.93. The number of fused-ring (bicyclic) bond motifs is 1. The number of hydrogen-bond acceptors (Lipinski definition) is 5. The summed E-state index contributed by atoms with van der Waals surface area (Å²) in [6, 6.07) is 8.10. The standard InChI is InChI=1S/C15H21N3O2S/c1-11(10-20-3)16-14(19)8-18(2)9-15-17-12-6-4-5-7-13(12)21-15/h4-7,11H,8-10H2,1-3H3,(H,16,19). The second kappa shape index (κ2) is 7.49. The molecule has 0 aliphatic carbocycles. The van der Waals surface area contributed by atoms with Crippen LogP contribution in [0.4, 0.5) is 0 Å². The van der Waals surface area contributed by atoms with Crippen molar-refractivity contribution < 1.29 is 9.53 Å². The monoisotopic (exact) mass is 307 g/mol. The fourth-order valence-corrected chi connectivity index (χ4v) is 3.18. The molecule has 1 amide bonds. The molecule has 1 aromatic heterocycles. The van der Waals surface area contributed by atoms with Crippen molar-refractivity contribution >= 4 is 27.5 Å². The normalized spacial score (nSPS) is 12.8. The number of nitrogens with zero attached hydrogens (tertiary/aromatic N) is 2. The molecule has 1 N–H and O–H groups in total. The van der Waals surface area contributed by atoms with Crippen LogP contribution in [0, 0.1) is 0 Å². The molecule has 0 aliphatic heterocycles. The highest BCUT2D eigenvalue weighted by molar-refractivity contribution is 7.18. The fraction of sp³-hybridized carbons (Fsp3) is 0.467. The summed E-state index contributed by atoms with van der Waals surface area (Å²) in [6.45, 7) is 3.47. The minimum absolute atomic E-state index is 0.00293. The zero-order valence-corrected chi connectivity index (χ0v) is 13.4. The van der Waals surface area contributed by atoms with Crippen molar-refractivity contribution in [3.8, 4) is 0 Å². The lowest BCUT2D eigenvalue weighted by Crippen LogP contribution is -2.41. The number of para-hydroxylation sites is 1. The molecule has 0 fully saturated rings. The molecular formula is C15H21N3O2S. The van der Waals surface area contributed by atoms with Crippen LogP contribution in [0.25, 0.3) is 10.2 Å². The maximum absolute atomic E-state index is 11.9. The maximum atomic E-state index is 11.9. The summed E-state index contributed by atoms with van der Waals surface area (Å²) in [6.07, 6.45) is 0. The van der Waals surface area contributed by atoms with Gasteiger partial charge in [-0.2, -0.15) is 0 Å². The van der Waals surface area contributed by atoms with E-state index in [4.69, 9.17) is 4.74 Å². The quantitative estimate of drug-likeness (QED) is 0.848. The van der Waals surface area contributed by atoms with Gasteiger partial charge in [0.05, 0.1) is 29.9 Å². The van der Waals surface area contributed by atoms with E-state index in [1.807, 2.05) is 37.1 Å². The Balaban J connectivity index is 1.86. The Morgan fingerprint density at radius 1 is 1.48 bits per heavy atom. The predicted octanol–water partition coefficient (Wildman–Crippen LogP) is 1.88. The minimum Gasteiger partial charge on any atom is -0.383 e. The number of carbonyl (C=O) groups is 1. The van der Waals surface area contributed by atoms with Crippen molar-refractivity contribution in [3.05, 3.63) is 29.3 Å². The van der Waals surface area contributed by atoms with Gasteiger partial charge in [-0.1, -0.05) is 12.1 Å². The Labute approximate surface area is 128 Å². The summed E-state index contributed by atoms with van der Waals surface area (Å²) >= 11 is 1.67. The lowest BCUT2D eigenvalue weighted by atomic mass is 10.3. The van der Waals surface area contributed by atoms with Crippen LogP contribution >= 0.6 is 11.3 Å². The van der Waals surface area contributed by atoms with Gasteiger partial charge in [-0.05, 0) is 26.1 Å². The number of benzene rings is 1. The van der Waals surface area contributed by atoms with E-state index < -0.39 is 0 Å². The van der Waals surface area contributed by atoms with Crippen LogP contribution < -0.4 is 5.32 Å². The molecule has 0 aliphatic rings. The number of hydrogen-bond donors (Lipinski definition) is 1. The van der Waals surface area contributed by atoms with Gasteiger partial charge in [0, 0.05) is 13.2 Å². The highest BCUT2D eigenvalue weighted by atomic mass is 32.1. The third-order valence-electron chi connectivity index (χ3n) is 2.98. The Kier molecular flexibility index (Phi) is 5.67. The number of rotatable bonds is 7. The molecule has 1 aromatic carbocycles. The molecular weight excluding hydrogens is 286 g/mol. The number of thiazole rings is 1. The molecule has 21 heavy (non-hydrogen) atoms. The number of ether oxygens (including phenoxy) is 1. The van der Waals surface area contributed by atoms with Gasteiger partial charge in [0.1, 0.15) is 5.01 Å². The first-order valence-corrected chi connectivity index (χ1v) is 7.71. The SMILES string of the molecule is COCC(C)NC(=O)CN(C)Cc1nc2ccccc2s1. The van der Waals surface area contributed by atoms with Gasteiger partial charge < -0.3 is 10.1 Å². The molecule has 1 unspecified atom stereocenters. The van der Waals surface area contributed by atoms with Crippen molar-refractivity contribution in [2.45, 2.75) is 19.5 Å². The van der Waals surface area contributed by atoms with Gasteiger partial charge in [0.15, 0.2) is 0 Å². The average Bonchev–Trinajstić information content (AvgIpc) is 2.80. The molecule has 5 nitrogen and oxygen atoms in total. The third-order valence-corrected chi connectivity index (χ3v) is 4.00. The number of amides is 1. The highest BCUT2D eigenvalue weighted by Crippen LogP contribution is 2.22. The molecule has 2 rings (SSSR count). The zero-order chi connectivity index (χ0) is 15.2. The Morgan fingerprint density at radius 2 is 2.24 bits per heavy atom. The molecule has 0 saturated carbocycles. The van der Waals surface area contributed by atoms with Crippen molar-refractivity contribution in [3.63, 3.8) is 0 Å². The minimum atomic E-state index is 0.00293. The molecule has 0 radical (unpaired) electrons. The van der Waals surface area contributed by atoms with Crippen LogP contribution in [0.3, 0.4) is 0 Å². The summed E-state index contributed by atoms with van der Waals surface area (Å²) in [4.78, 5) is 18.4. The molecule has 1 atom stereocenters. The van der Waals surface area contributed by atoms with Crippen molar-refractivity contribution in [1.29, 1.82) is 0 Å². The van der Waals surface area contributed by atoms with E-state index in [0.717, 1.165) is 10.5 Å². The molecule has 114 valence electrons. The number of aromatic nitrogens is 1. The van der Waals surface area contributed by atoms with E-state index in [1.54, 1.807) is 18.4 Å². The van der Waals surface area contributed by atoms with Crippen LogP contribution in [-0.2, 0) is 16.1 Å². The summed E-state index contributed by atoms with van der Waals surface area (Å²) < 4.78 is 6.18. The molecule has 1 heterocycles. The van der Waals surface area contributed by atoms with Crippen molar-refractivity contribution in [1.82, 2.24) is 15.2 Å². The molecule has 0 bridgehead atoms. The van der Waals surface area contributed by atoms with Gasteiger partial charge in [-0.15, -0.1) is 11.3 Å². The van der Waals surface area contributed by atoms with E-state index in [0.29, 0.717) is 19.7 Å². The van der Waals surface area contributed by atoms with Crippen LogP contribution in [0.1, 0.15) is 11.9 Å². The third kappa shape index (κ3) is 4.77. The smallest absolute Gasteiger partial charge is 0.234 e. The summed E-state index contributed by atoms with van der Waals surface area (Å²) in [5.41, 5.74) is 1.02. The lowest BCUT2D eigenvalue weighted by molar-refractivity contribution is -0.123. The maximum Gasteiger partial charge on any atom is 0.234 e. The Morgan fingerprint density at radius 3 is 2.95 bits per heavy atom. The zero-order valence-electron chi connectivity index (χ0n) is 12.6. The van der Waals surface area contributed by atoms with Crippen LogP contribution in [0.5, 0.6) is 0 Å². The Bertz CT molecular complexity index is 566. The first kappa shape index (κ1) is 15.9. The van der Waals surface area contributed by atoms with Gasteiger partial charge in [0.2, 0.25) is 5.91 Å². The highest BCUT2D eigenvalue weighted by Gasteiger charge is 2.12. The molecule has 2 aromatic rings. The second-order valence-electron chi connectivity index (χ2n) is 5.17. The largest absolute Gasteiger partial charge is 0.383 e. The average molecular weight is 307 g/mol. The van der Waals surface area contributed by atoms with Gasteiger partial charge in [-0.25, -0.2) is 4.98 Å². The molecule has 0 spiro atoms.